The first kappa shape index (κ1) is 23.1. The number of hydrogen-bond acceptors (Lipinski definition) is 7. The zero-order valence-corrected chi connectivity index (χ0v) is 20.1. The van der Waals surface area contributed by atoms with Crippen LogP contribution in [0, 0.1) is 0 Å². The van der Waals surface area contributed by atoms with Crippen molar-refractivity contribution in [1.29, 1.82) is 0 Å². The van der Waals surface area contributed by atoms with Crippen molar-refractivity contribution in [2.75, 3.05) is 30.9 Å². The van der Waals surface area contributed by atoms with Crippen LogP contribution in [0.4, 0.5) is 11.8 Å². The highest BCUT2D eigenvalue weighted by molar-refractivity contribution is 5.84. The molecule has 8 heteroatoms. The topological polar surface area (TPSA) is 97.1 Å². The lowest BCUT2D eigenvalue weighted by Gasteiger charge is -2.14. The molecule has 3 N–H and O–H groups in total. The summed E-state index contributed by atoms with van der Waals surface area (Å²) in [6, 6.07) is 16.9. The maximum atomic E-state index is 9.14. The molecular weight excluding hydrogens is 440 g/mol. The summed E-state index contributed by atoms with van der Waals surface area (Å²) in [5, 5.41) is 15.9. The Morgan fingerprint density at radius 3 is 2.60 bits per heavy atom. The van der Waals surface area contributed by atoms with Gasteiger partial charge in [0.1, 0.15) is 5.75 Å². The van der Waals surface area contributed by atoms with Gasteiger partial charge in [0.2, 0.25) is 5.95 Å². The molecule has 1 saturated carbocycles. The van der Waals surface area contributed by atoms with Gasteiger partial charge in [-0.1, -0.05) is 55.3 Å². The van der Waals surface area contributed by atoms with E-state index in [4.69, 9.17) is 19.8 Å². The number of aromatic nitrogens is 4. The number of fused-ring (bicyclic) bond motifs is 1. The molecule has 2 aromatic heterocycles. The van der Waals surface area contributed by atoms with Gasteiger partial charge in [-0.3, -0.25) is 0 Å². The van der Waals surface area contributed by atoms with E-state index in [1.165, 1.54) is 12.8 Å². The molecule has 8 nitrogen and oxygen atoms in total. The van der Waals surface area contributed by atoms with Crippen molar-refractivity contribution < 1.29 is 9.84 Å². The van der Waals surface area contributed by atoms with Crippen LogP contribution in [0.3, 0.4) is 0 Å². The van der Waals surface area contributed by atoms with Crippen molar-refractivity contribution in [2.24, 2.45) is 0 Å². The van der Waals surface area contributed by atoms with Crippen LogP contribution in [0.25, 0.3) is 22.3 Å². The standard InChI is InChI=1S/C27H32N6O2/c1-35-23-10-5-4-9-22(23)20-13-11-19(12-14-20)17-29-25-24-26(32-27(31-25)28-15-6-16-34)33(18-30-24)21-7-2-3-8-21/h4-5,9-14,18,21,34H,2-3,6-8,15-17H2,1H3,(H2,28,29,31,32). The monoisotopic (exact) mass is 472 g/mol. The first-order chi connectivity index (χ1) is 17.3. The number of imidazole rings is 1. The van der Waals surface area contributed by atoms with Crippen molar-refractivity contribution in [3.63, 3.8) is 0 Å². The highest BCUT2D eigenvalue weighted by Crippen LogP contribution is 2.33. The number of nitrogens with zero attached hydrogens (tertiary/aromatic N) is 4. The second-order valence-electron chi connectivity index (χ2n) is 8.91. The predicted molar refractivity (Wildman–Crippen MR) is 139 cm³/mol. The van der Waals surface area contributed by atoms with Crippen LogP contribution in [0.1, 0.15) is 43.7 Å². The number of aliphatic hydroxyl groups is 1. The Kier molecular flexibility index (Phi) is 7.09. The molecule has 182 valence electrons. The van der Waals surface area contributed by atoms with E-state index in [9.17, 15) is 0 Å². The molecule has 2 heterocycles. The van der Waals surface area contributed by atoms with Gasteiger partial charge in [-0.2, -0.15) is 9.97 Å². The first-order valence-corrected chi connectivity index (χ1v) is 12.3. The van der Waals surface area contributed by atoms with Crippen LogP contribution in [-0.2, 0) is 6.54 Å². The molecule has 5 rings (SSSR count). The third-order valence-electron chi connectivity index (χ3n) is 6.59. The van der Waals surface area contributed by atoms with E-state index in [0.29, 0.717) is 37.3 Å². The number of ether oxygens (including phenoxy) is 1. The molecule has 35 heavy (non-hydrogen) atoms. The Hall–Kier alpha value is -3.65. The van der Waals surface area contributed by atoms with Crippen molar-refractivity contribution in [3.05, 3.63) is 60.4 Å². The Bertz CT molecular complexity index is 1260. The smallest absolute Gasteiger partial charge is 0.226 e. The average molecular weight is 473 g/mol. The molecule has 0 amide bonds. The third kappa shape index (κ3) is 5.07. The van der Waals surface area contributed by atoms with Crippen LogP contribution >= 0.6 is 0 Å². The summed E-state index contributed by atoms with van der Waals surface area (Å²) in [6.45, 7) is 1.36. The highest BCUT2D eigenvalue weighted by atomic mass is 16.5. The molecule has 1 aliphatic carbocycles. The molecule has 0 aliphatic heterocycles. The number of hydrogen-bond donors (Lipinski definition) is 3. The number of nitrogens with one attached hydrogen (secondary N) is 2. The van der Waals surface area contributed by atoms with Crippen molar-refractivity contribution in [3.8, 4) is 16.9 Å². The van der Waals surface area contributed by atoms with Crippen LogP contribution in [0.5, 0.6) is 5.75 Å². The van der Waals surface area contributed by atoms with Crippen molar-refractivity contribution >= 4 is 22.9 Å². The molecule has 0 radical (unpaired) electrons. The van der Waals surface area contributed by atoms with Crippen LogP contribution < -0.4 is 15.4 Å². The maximum absolute atomic E-state index is 9.14. The number of methoxy groups -OCH3 is 1. The summed E-state index contributed by atoms with van der Waals surface area (Å²) in [4.78, 5) is 14.2. The zero-order chi connectivity index (χ0) is 24.0. The summed E-state index contributed by atoms with van der Waals surface area (Å²) in [6.07, 6.45) is 7.35. The maximum Gasteiger partial charge on any atom is 0.226 e. The Balaban J connectivity index is 1.38. The zero-order valence-electron chi connectivity index (χ0n) is 20.1. The number of rotatable bonds is 10. The van der Waals surface area contributed by atoms with E-state index in [1.807, 2.05) is 24.5 Å². The van der Waals surface area contributed by atoms with Gasteiger partial charge in [0, 0.05) is 31.3 Å². The van der Waals surface area contributed by atoms with Gasteiger partial charge < -0.3 is 25.0 Å². The first-order valence-electron chi connectivity index (χ1n) is 12.3. The molecule has 4 aromatic rings. The normalized spacial score (nSPS) is 13.9. The van der Waals surface area contributed by atoms with Crippen LogP contribution in [-0.4, -0.2) is 44.9 Å². The highest BCUT2D eigenvalue weighted by Gasteiger charge is 2.21. The van der Waals surface area contributed by atoms with Gasteiger partial charge in [-0.05, 0) is 36.5 Å². The second-order valence-corrected chi connectivity index (χ2v) is 8.91. The molecular formula is C27H32N6O2. The Labute approximate surface area is 205 Å². The van der Waals surface area contributed by atoms with E-state index in [0.717, 1.165) is 46.4 Å². The van der Waals surface area contributed by atoms with Gasteiger partial charge >= 0.3 is 0 Å². The fourth-order valence-electron chi connectivity index (χ4n) is 4.72. The van der Waals surface area contributed by atoms with Crippen LogP contribution in [0.15, 0.2) is 54.9 Å². The molecule has 0 bridgehead atoms. The lowest BCUT2D eigenvalue weighted by atomic mass is 10.0. The van der Waals surface area contributed by atoms with E-state index in [1.54, 1.807) is 7.11 Å². The summed E-state index contributed by atoms with van der Waals surface area (Å²) in [7, 11) is 1.69. The minimum atomic E-state index is 0.130. The van der Waals surface area contributed by atoms with Gasteiger partial charge in [0.15, 0.2) is 17.0 Å². The molecule has 0 unspecified atom stereocenters. The second kappa shape index (κ2) is 10.7. The largest absolute Gasteiger partial charge is 0.496 e. The summed E-state index contributed by atoms with van der Waals surface area (Å²) in [5.74, 6) is 2.13. The third-order valence-corrected chi connectivity index (χ3v) is 6.59. The molecule has 0 atom stereocenters. The molecule has 0 spiro atoms. The van der Waals surface area contributed by atoms with E-state index < -0.39 is 0 Å². The van der Waals surface area contributed by atoms with E-state index in [2.05, 4.69) is 50.5 Å². The van der Waals surface area contributed by atoms with E-state index >= 15 is 0 Å². The fourth-order valence-corrected chi connectivity index (χ4v) is 4.72. The van der Waals surface area contributed by atoms with Crippen molar-refractivity contribution in [2.45, 2.75) is 44.7 Å². The number of aliphatic hydroxyl groups excluding tert-OH is 1. The Morgan fingerprint density at radius 2 is 1.83 bits per heavy atom. The summed E-state index contributed by atoms with van der Waals surface area (Å²) >= 11 is 0. The lowest BCUT2D eigenvalue weighted by molar-refractivity contribution is 0.292. The molecule has 1 fully saturated rings. The minimum absolute atomic E-state index is 0.130. The summed E-state index contributed by atoms with van der Waals surface area (Å²) < 4.78 is 7.71. The lowest BCUT2D eigenvalue weighted by Crippen LogP contribution is -2.11. The van der Waals surface area contributed by atoms with Gasteiger partial charge in [0.05, 0.1) is 13.4 Å². The SMILES string of the molecule is COc1ccccc1-c1ccc(CNc2nc(NCCCO)nc3c2ncn3C2CCCC2)cc1. The van der Waals surface area contributed by atoms with Gasteiger partial charge in [0.25, 0.3) is 0 Å². The molecule has 2 aromatic carbocycles. The Morgan fingerprint density at radius 1 is 1.03 bits per heavy atom. The number of benzene rings is 2. The molecule has 1 aliphatic rings. The number of anilines is 2. The van der Waals surface area contributed by atoms with Gasteiger partial charge in [-0.25, -0.2) is 4.98 Å². The fraction of sp³-hybridized carbons (Fsp3) is 0.370. The molecule has 0 saturated heterocycles. The summed E-state index contributed by atoms with van der Waals surface area (Å²) in [5.41, 5.74) is 4.97. The quantitative estimate of drug-likeness (QED) is 0.279. The number of para-hydroxylation sites is 1. The predicted octanol–water partition coefficient (Wildman–Crippen LogP) is 5.02. The minimum Gasteiger partial charge on any atom is -0.496 e. The van der Waals surface area contributed by atoms with Crippen molar-refractivity contribution in [1.82, 2.24) is 19.5 Å². The van der Waals surface area contributed by atoms with Crippen LogP contribution in [0.2, 0.25) is 0 Å². The van der Waals surface area contributed by atoms with Gasteiger partial charge in [-0.15, -0.1) is 0 Å². The average Bonchev–Trinajstić information content (AvgIpc) is 3.58. The van der Waals surface area contributed by atoms with E-state index in [-0.39, 0.29) is 6.61 Å².